The molecule has 0 bridgehead atoms. The van der Waals surface area contributed by atoms with Crippen LogP contribution in [0, 0.1) is 0 Å². The fourth-order valence-corrected chi connectivity index (χ4v) is 4.06. The van der Waals surface area contributed by atoms with E-state index in [0.29, 0.717) is 12.1 Å². The first-order valence-corrected chi connectivity index (χ1v) is 8.62. The van der Waals surface area contributed by atoms with E-state index in [0.717, 1.165) is 13.1 Å². The Morgan fingerprint density at radius 3 is 2.35 bits per heavy atom. The van der Waals surface area contributed by atoms with Gasteiger partial charge in [-0.25, -0.2) is 4.79 Å². The molecule has 0 spiro atoms. The van der Waals surface area contributed by atoms with Crippen molar-refractivity contribution in [3.63, 3.8) is 0 Å². The highest BCUT2D eigenvalue weighted by molar-refractivity contribution is 5.74. The van der Waals surface area contributed by atoms with Crippen molar-refractivity contribution in [3.05, 3.63) is 0 Å². The third-order valence-corrected chi connectivity index (χ3v) is 5.27. The highest BCUT2D eigenvalue weighted by Crippen LogP contribution is 2.21. The predicted octanol–water partition coefficient (Wildman–Crippen LogP) is 2.59. The number of hydrogen-bond donors (Lipinski definition) is 1. The number of rotatable bonds is 2. The molecule has 2 amide bonds. The molecule has 2 heterocycles. The number of carbonyl (C=O) groups is 1. The molecular formula is C16H29N3O. The molecule has 3 rings (SSSR count). The summed E-state index contributed by atoms with van der Waals surface area (Å²) in [5.74, 6) is 0. The van der Waals surface area contributed by atoms with E-state index in [9.17, 15) is 4.79 Å². The normalized spacial score (nSPS) is 29.6. The topological polar surface area (TPSA) is 35.6 Å². The van der Waals surface area contributed by atoms with E-state index in [4.69, 9.17) is 0 Å². The lowest BCUT2D eigenvalue weighted by atomic mass is 9.95. The van der Waals surface area contributed by atoms with Crippen LogP contribution in [-0.4, -0.2) is 54.1 Å². The summed E-state index contributed by atoms with van der Waals surface area (Å²) < 4.78 is 0. The van der Waals surface area contributed by atoms with Gasteiger partial charge in [-0.05, 0) is 51.6 Å². The Bertz CT molecular complexity index is 322. The van der Waals surface area contributed by atoms with E-state index in [1.54, 1.807) is 0 Å². The van der Waals surface area contributed by atoms with Gasteiger partial charge in [0.15, 0.2) is 0 Å². The van der Waals surface area contributed by atoms with Crippen LogP contribution in [0.25, 0.3) is 0 Å². The monoisotopic (exact) mass is 279 g/mol. The van der Waals surface area contributed by atoms with E-state index < -0.39 is 0 Å². The maximum Gasteiger partial charge on any atom is 0.317 e. The molecule has 0 aromatic heterocycles. The molecule has 3 aliphatic rings. The Kier molecular flexibility index (Phi) is 4.81. The van der Waals surface area contributed by atoms with Crippen LogP contribution in [0.5, 0.6) is 0 Å². The summed E-state index contributed by atoms with van der Waals surface area (Å²) in [6, 6.07) is 1.24. The molecule has 3 fully saturated rings. The van der Waals surface area contributed by atoms with Gasteiger partial charge in [0.2, 0.25) is 0 Å². The maximum atomic E-state index is 12.4. The third-order valence-electron chi connectivity index (χ3n) is 5.27. The predicted molar refractivity (Wildman–Crippen MR) is 80.8 cm³/mol. The third kappa shape index (κ3) is 3.46. The molecule has 1 N–H and O–H groups in total. The zero-order valence-corrected chi connectivity index (χ0v) is 12.6. The fourth-order valence-electron chi connectivity index (χ4n) is 4.06. The maximum absolute atomic E-state index is 12.4. The molecule has 2 aliphatic heterocycles. The van der Waals surface area contributed by atoms with Crippen molar-refractivity contribution in [2.75, 3.05) is 26.2 Å². The molecule has 4 heteroatoms. The Balaban J connectivity index is 1.49. The first-order chi connectivity index (χ1) is 9.83. The van der Waals surface area contributed by atoms with Crippen LogP contribution in [0.2, 0.25) is 0 Å². The number of carbonyl (C=O) groups excluding carboxylic acids is 1. The molecule has 1 atom stereocenters. The van der Waals surface area contributed by atoms with Crippen molar-refractivity contribution >= 4 is 6.03 Å². The number of likely N-dealkylation sites (tertiary alicyclic amines) is 2. The second kappa shape index (κ2) is 6.79. The standard InChI is InChI=1S/C16H29N3O/c20-16(17-14-7-2-1-3-8-14)19-12-6-9-15(13-19)18-10-4-5-11-18/h14-15H,1-13H2,(H,17,20)/t15-/m1/s1. The van der Waals surface area contributed by atoms with E-state index in [1.165, 1.54) is 70.9 Å². The molecular weight excluding hydrogens is 250 g/mol. The van der Waals surface area contributed by atoms with Gasteiger partial charge in [0, 0.05) is 25.2 Å². The average Bonchev–Trinajstić information content (AvgIpc) is 3.03. The molecule has 2 saturated heterocycles. The number of urea groups is 1. The fraction of sp³-hybridized carbons (Fsp3) is 0.938. The highest BCUT2D eigenvalue weighted by atomic mass is 16.2. The van der Waals surface area contributed by atoms with Gasteiger partial charge in [-0.1, -0.05) is 19.3 Å². The molecule has 114 valence electrons. The average molecular weight is 279 g/mol. The molecule has 0 aromatic rings. The second-order valence-electron chi connectivity index (χ2n) is 6.77. The largest absolute Gasteiger partial charge is 0.335 e. The van der Waals surface area contributed by atoms with Gasteiger partial charge in [-0.3, -0.25) is 4.90 Å². The van der Waals surface area contributed by atoms with Gasteiger partial charge in [0.1, 0.15) is 0 Å². The van der Waals surface area contributed by atoms with E-state index in [-0.39, 0.29) is 6.03 Å². The number of amides is 2. The van der Waals surface area contributed by atoms with Crippen LogP contribution >= 0.6 is 0 Å². The SMILES string of the molecule is O=C(NC1CCCCC1)N1CCC[C@@H](N2CCCC2)C1. The van der Waals surface area contributed by atoms with Crippen LogP contribution in [-0.2, 0) is 0 Å². The molecule has 0 radical (unpaired) electrons. The van der Waals surface area contributed by atoms with E-state index in [2.05, 4.69) is 15.1 Å². The summed E-state index contributed by atoms with van der Waals surface area (Å²) in [6.45, 7) is 4.37. The van der Waals surface area contributed by atoms with Gasteiger partial charge >= 0.3 is 6.03 Å². The lowest BCUT2D eigenvalue weighted by Gasteiger charge is -2.38. The Labute approximate surface area is 122 Å². The smallest absolute Gasteiger partial charge is 0.317 e. The summed E-state index contributed by atoms with van der Waals surface area (Å²) in [4.78, 5) is 17.1. The Hall–Kier alpha value is -0.770. The lowest BCUT2D eigenvalue weighted by Crippen LogP contribution is -2.53. The number of hydrogen-bond acceptors (Lipinski definition) is 2. The molecule has 20 heavy (non-hydrogen) atoms. The summed E-state index contributed by atoms with van der Waals surface area (Å²) in [5, 5.41) is 3.27. The number of nitrogens with zero attached hydrogens (tertiary/aromatic N) is 2. The summed E-state index contributed by atoms with van der Waals surface area (Å²) in [6.07, 6.45) is 11.4. The van der Waals surface area contributed by atoms with Gasteiger partial charge in [-0.15, -0.1) is 0 Å². The van der Waals surface area contributed by atoms with Gasteiger partial charge in [0.05, 0.1) is 0 Å². The first-order valence-electron chi connectivity index (χ1n) is 8.62. The van der Waals surface area contributed by atoms with Crippen LogP contribution < -0.4 is 5.32 Å². The van der Waals surface area contributed by atoms with Crippen molar-refractivity contribution in [1.29, 1.82) is 0 Å². The lowest BCUT2D eigenvalue weighted by molar-refractivity contribution is 0.122. The Morgan fingerprint density at radius 2 is 1.60 bits per heavy atom. The van der Waals surface area contributed by atoms with Crippen LogP contribution in [0.1, 0.15) is 57.8 Å². The number of piperidine rings is 1. The Morgan fingerprint density at radius 1 is 0.850 bits per heavy atom. The molecule has 1 aliphatic carbocycles. The van der Waals surface area contributed by atoms with E-state index >= 15 is 0 Å². The van der Waals surface area contributed by atoms with Gasteiger partial charge in [-0.2, -0.15) is 0 Å². The van der Waals surface area contributed by atoms with Crippen molar-refractivity contribution in [3.8, 4) is 0 Å². The first kappa shape index (κ1) is 14.2. The van der Waals surface area contributed by atoms with Crippen molar-refractivity contribution < 1.29 is 4.79 Å². The highest BCUT2D eigenvalue weighted by Gasteiger charge is 2.30. The zero-order valence-electron chi connectivity index (χ0n) is 12.6. The summed E-state index contributed by atoms with van der Waals surface area (Å²) >= 11 is 0. The minimum Gasteiger partial charge on any atom is -0.335 e. The molecule has 4 nitrogen and oxygen atoms in total. The van der Waals surface area contributed by atoms with Gasteiger partial charge < -0.3 is 10.2 Å². The van der Waals surface area contributed by atoms with Crippen LogP contribution in [0.4, 0.5) is 4.79 Å². The minimum atomic E-state index is 0.195. The number of nitrogens with one attached hydrogen (secondary N) is 1. The zero-order chi connectivity index (χ0) is 13.8. The van der Waals surface area contributed by atoms with Crippen LogP contribution in [0.3, 0.4) is 0 Å². The minimum absolute atomic E-state index is 0.195. The molecule has 0 unspecified atom stereocenters. The second-order valence-corrected chi connectivity index (χ2v) is 6.77. The van der Waals surface area contributed by atoms with E-state index in [1.807, 2.05) is 0 Å². The summed E-state index contributed by atoms with van der Waals surface area (Å²) in [7, 11) is 0. The van der Waals surface area contributed by atoms with Crippen LogP contribution in [0.15, 0.2) is 0 Å². The summed E-state index contributed by atoms with van der Waals surface area (Å²) in [5.41, 5.74) is 0. The van der Waals surface area contributed by atoms with Crippen molar-refractivity contribution in [2.24, 2.45) is 0 Å². The van der Waals surface area contributed by atoms with Crippen molar-refractivity contribution in [2.45, 2.75) is 69.9 Å². The quantitative estimate of drug-likeness (QED) is 0.843. The molecule has 0 aromatic carbocycles. The van der Waals surface area contributed by atoms with Crippen molar-refractivity contribution in [1.82, 2.24) is 15.1 Å². The van der Waals surface area contributed by atoms with Gasteiger partial charge in [0.25, 0.3) is 0 Å². The molecule has 1 saturated carbocycles.